The van der Waals surface area contributed by atoms with Gasteiger partial charge in [-0.3, -0.25) is 0 Å². The van der Waals surface area contributed by atoms with Crippen molar-refractivity contribution >= 4 is 46.3 Å². The van der Waals surface area contributed by atoms with Gasteiger partial charge in [0.2, 0.25) is 0 Å². The van der Waals surface area contributed by atoms with E-state index < -0.39 is 14.0 Å². The SMILES string of the molecule is NC(=O)N=Nc1ccc2ccccc2c1[O-].[Cl-].[Cl-].[Ru+3].c1ccc(P(c2ccccc2)c2ccccc2)cc1. The zero-order valence-corrected chi connectivity index (χ0v) is 24.1. The molecule has 5 rings (SSSR count). The third-order valence-corrected chi connectivity index (χ3v) is 7.60. The van der Waals surface area contributed by atoms with Crippen molar-refractivity contribution in [2.75, 3.05) is 0 Å². The number of halogens is 2. The second-order valence-corrected chi connectivity index (χ2v) is 9.74. The molecule has 0 unspecified atom stereocenters. The van der Waals surface area contributed by atoms with Crippen LogP contribution in [0.1, 0.15) is 0 Å². The molecule has 0 aliphatic rings. The van der Waals surface area contributed by atoms with E-state index >= 15 is 0 Å². The van der Waals surface area contributed by atoms with Gasteiger partial charge in [-0.25, -0.2) is 4.79 Å². The van der Waals surface area contributed by atoms with Crippen molar-refractivity contribution in [1.82, 2.24) is 0 Å². The van der Waals surface area contributed by atoms with Crippen molar-refractivity contribution in [3.8, 4) is 5.75 Å². The van der Waals surface area contributed by atoms with Crippen LogP contribution in [0.2, 0.25) is 0 Å². The fourth-order valence-electron chi connectivity index (χ4n) is 3.59. The molecule has 0 aromatic heterocycles. The number of carbonyl (C=O) groups is 1. The molecule has 5 nitrogen and oxygen atoms in total. The topological polar surface area (TPSA) is 90.9 Å². The molecule has 2 N–H and O–H groups in total. The van der Waals surface area contributed by atoms with Gasteiger partial charge >= 0.3 is 25.5 Å². The number of urea groups is 1. The van der Waals surface area contributed by atoms with Gasteiger partial charge in [-0.05, 0) is 40.7 Å². The van der Waals surface area contributed by atoms with Crippen molar-refractivity contribution in [1.29, 1.82) is 0 Å². The second-order valence-electron chi connectivity index (χ2n) is 7.52. The summed E-state index contributed by atoms with van der Waals surface area (Å²) in [6.07, 6.45) is 0. The summed E-state index contributed by atoms with van der Waals surface area (Å²) < 4.78 is 0. The Morgan fingerprint density at radius 3 is 1.50 bits per heavy atom. The average molecular weight is 648 g/mol. The number of carbonyl (C=O) groups excluding carboxylic acids is 1. The molecular weight excluding hydrogens is 625 g/mol. The molecule has 0 aliphatic carbocycles. The van der Waals surface area contributed by atoms with Gasteiger partial charge in [0.15, 0.2) is 0 Å². The molecule has 193 valence electrons. The number of primary amides is 1. The zero-order chi connectivity index (χ0) is 24.5. The van der Waals surface area contributed by atoms with Gasteiger partial charge in [0.1, 0.15) is 0 Å². The Balaban J connectivity index is 0.000000357. The molecule has 38 heavy (non-hydrogen) atoms. The fourth-order valence-corrected chi connectivity index (χ4v) is 5.90. The number of rotatable bonds is 4. The van der Waals surface area contributed by atoms with Gasteiger partial charge in [0.05, 0.1) is 5.69 Å². The molecule has 0 atom stereocenters. The summed E-state index contributed by atoms with van der Waals surface area (Å²) in [5.41, 5.74) is 4.91. The Morgan fingerprint density at radius 1 is 0.632 bits per heavy atom. The van der Waals surface area contributed by atoms with Gasteiger partial charge in [-0.15, -0.1) is 5.11 Å². The maximum absolute atomic E-state index is 11.8. The van der Waals surface area contributed by atoms with E-state index in [1.165, 1.54) is 22.0 Å². The van der Waals surface area contributed by atoms with Gasteiger partial charge in [-0.2, -0.15) is 0 Å². The third kappa shape index (κ3) is 8.72. The minimum absolute atomic E-state index is 0. The standard InChI is InChI=1S/C18H15P.C11H9N3O2.2ClH.Ru/c1-4-10-16(11-5-1)19(17-12-6-2-7-13-17)18-14-8-3-9-15-18;12-11(16)14-13-9-6-5-7-3-1-2-4-8(7)10(9)15;;;/h1-15H;1-6,15H,(H2,12,16);2*1H;/q;;;;+3/p-3. The van der Waals surface area contributed by atoms with Crippen LogP contribution in [0.5, 0.6) is 5.75 Å². The first-order valence-electron chi connectivity index (χ1n) is 11.0. The molecule has 0 saturated heterocycles. The molecule has 2 amide bonds. The number of nitrogens with two attached hydrogens (primary N) is 1. The number of hydrogen-bond acceptors (Lipinski definition) is 3. The van der Waals surface area contributed by atoms with Crippen molar-refractivity contribution in [2.45, 2.75) is 0 Å². The molecule has 0 aliphatic heterocycles. The second kappa shape index (κ2) is 16.7. The summed E-state index contributed by atoms with van der Waals surface area (Å²) in [7, 11) is -0.446. The normalized spacial score (nSPS) is 9.92. The molecule has 0 spiro atoms. The van der Waals surface area contributed by atoms with E-state index in [9.17, 15) is 9.90 Å². The predicted molar refractivity (Wildman–Crippen MR) is 143 cm³/mol. The molecule has 5 aromatic carbocycles. The van der Waals surface area contributed by atoms with Gasteiger partial charge in [0, 0.05) is 0 Å². The van der Waals surface area contributed by atoms with Crippen LogP contribution in [0.15, 0.2) is 138 Å². The van der Waals surface area contributed by atoms with Gasteiger partial charge in [0.25, 0.3) is 0 Å². The zero-order valence-electron chi connectivity index (χ0n) is 20.0. The van der Waals surface area contributed by atoms with Crippen LogP contribution in [0.3, 0.4) is 0 Å². The van der Waals surface area contributed by atoms with Crippen molar-refractivity contribution in [2.24, 2.45) is 16.0 Å². The molecule has 0 fully saturated rings. The Labute approximate surface area is 248 Å². The smallest absolute Gasteiger partial charge is 1.00 e. The Morgan fingerprint density at radius 2 is 1.05 bits per heavy atom. The molecule has 9 heteroatoms. The summed E-state index contributed by atoms with van der Waals surface area (Å²) in [4.78, 5) is 10.4. The maximum Gasteiger partial charge on any atom is 3.00 e. The Kier molecular flexibility index (Phi) is 14.4. The monoisotopic (exact) mass is 648 g/mol. The summed E-state index contributed by atoms with van der Waals surface area (Å²) in [5.74, 6) is -0.261. The van der Waals surface area contributed by atoms with E-state index in [1.807, 2.05) is 12.1 Å². The van der Waals surface area contributed by atoms with E-state index in [1.54, 1.807) is 18.2 Å². The molecule has 0 bridgehead atoms. The van der Waals surface area contributed by atoms with Crippen molar-refractivity contribution < 1.29 is 54.2 Å². The van der Waals surface area contributed by atoms with Crippen LogP contribution in [-0.2, 0) is 19.5 Å². The van der Waals surface area contributed by atoms with E-state index in [2.05, 4.69) is 101 Å². The predicted octanol–water partition coefficient (Wildman–Crippen LogP) is -0.474. The first kappa shape index (κ1) is 32.9. The van der Waals surface area contributed by atoms with E-state index in [0.29, 0.717) is 5.39 Å². The minimum atomic E-state index is -0.924. The first-order valence-corrected chi connectivity index (χ1v) is 12.3. The summed E-state index contributed by atoms with van der Waals surface area (Å²) >= 11 is 0. The van der Waals surface area contributed by atoms with Crippen molar-refractivity contribution in [3.63, 3.8) is 0 Å². The average Bonchev–Trinajstić information content (AvgIpc) is 2.91. The number of azo groups is 1. The van der Waals surface area contributed by atoms with Crippen LogP contribution >= 0.6 is 7.92 Å². The molecule has 0 heterocycles. The van der Waals surface area contributed by atoms with Crippen LogP contribution in [0.4, 0.5) is 10.5 Å². The van der Waals surface area contributed by atoms with Crippen LogP contribution in [0.25, 0.3) is 10.8 Å². The first-order chi connectivity index (χ1) is 17.1. The number of fused-ring (bicyclic) bond motifs is 1. The summed E-state index contributed by atoms with van der Waals surface area (Å²) in [6.45, 7) is 0. The number of nitrogens with zero attached hydrogens (tertiary/aromatic N) is 2. The van der Waals surface area contributed by atoms with Crippen LogP contribution in [0, 0.1) is 0 Å². The van der Waals surface area contributed by atoms with Gasteiger partial charge in [-0.1, -0.05) is 132 Å². The van der Waals surface area contributed by atoms with Crippen molar-refractivity contribution in [3.05, 3.63) is 127 Å². The fraction of sp³-hybridized carbons (Fsp3) is 0. The summed E-state index contributed by atoms with van der Waals surface area (Å²) in [6, 6.07) is 41.8. The number of amides is 2. The molecule has 1 radical (unpaired) electrons. The molecular formula is C29H23Cl2N3O2PRu. The minimum Gasteiger partial charge on any atom is -1.00 e. The quantitative estimate of drug-likeness (QED) is 0.162. The Hall–Kier alpha value is -3.14. The van der Waals surface area contributed by atoms with E-state index in [4.69, 9.17) is 5.73 Å². The van der Waals surface area contributed by atoms with Crippen LogP contribution < -0.4 is 51.6 Å². The third-order valence-electron chi connectivity index (χ3n) is 5.16. The van der Waals surface area contributed by atoms with E-state index in [-0.39, 0.29) is 55.7 Å². The number of benzene rings is 5. The summed E-state index contributed by atoms with van der Waals surface area (Å²) in [5, 5.41) is 24.0. The maximum atomic E-state index is 11.8. The van der Waals surface area contributed by atoms with Gasteiger partial charge < -0.3 is 35.7 Å². The number of hydrogen-bond donors (Lipinski definition) is 1. The Bertz CT molecular complexity index is 1350. The molecule has 0 saturated carbocycles. The molecule has 5 aromatic rings. The van der Waals surface area contributed by atoms with E-state index in [0.717, 1.165) is 5.39 Å². The van der Waals surface area contributed by atoms with Crippen LogP contribution in [-0.4, -0.2) is 6.03 Å². The largest absolute Gasteiger partial charge is 3.00 e.